The zero-order valence-electron chi connectivity index (χ0n) is 26.9. The number of esters is 1. The predicted molar refractivity (Wildman–Crippen MR) is 170 cm³/mol. The molecule has 1 aromatic heterocycles. The lowest BCUT2D eigenvalue weighted by Gasteiger charge is -2.40. The van der Waals surface area contributed by atoms with Crippen LogP contribution in [-0.2, 0) is 36.0 Å². The van der Waals surface area contributed by atoms with E-state index >= 15 is 0 Å². The van der Waals surface area contributed by atoms with Crippen molar-refractivity contribution in [1.29, 1.82) is 0 Å². The zero-order valence-corrected chi connectivity index (χ0v) is 26.9. The second-order valence-corrected chi connectivity index (χ2v) is 11.1. The van der Waals surface area contributed by atoms with Crippen LogP contribution in [0.25, 0.3) is 0 Å². The maximum atomic E-state index is 14.9. The number of aromatic nitrogens is 2. The molecule has 0 spiro atoms. The van der Waals surface area contributed by atoms with Gasteiger partial charge in [-0.25, -0.2) is 27.9 Å². The Morgan fingerprint density at radius 3 is 2.28 bits per heavy atom. The van der Waals surface area contributed by atoms with E-state index in [1.807, 2.05) is 0 Å². The third-order valence-corrected chi connectivity index (χ3v) is 7.78. The summed E-state index contributed by atoms with van der Waals surface area (Å²) in [5, 5.41) is 12.6. The number of carbonyl (C=O) groups excluding carboxylic acids is 2. The summed E-state index contributed by atoms with van der Waals surface area (Å²) < 4.78 is 60.8. The van der Waals surface area contributed by atoms with Gasteiger partial charge in [0.2, 0.25) is 12.0 Å². The molecule has 0 radical (unpaired) electrons. The number of fused-ring (bicyclic) bond motifs is 1. The molecular weight excluding hydrogens is 663 g/mol. The van der Waals surface area contributed by atoms with E-state index in [1.165, 1.54) is 0 Å². The fourth-order valence-electron chi connectivity index (χ4n) is 5.70. The molecule has 0 fully saturated rings. The molecule has 16 heteroatoms. The minimum absolute atomic E-state index is 0.148. The highest BCUT2D eigenvalue weighted by Crippen LogP contribution is 2.43. The maximum absolute atomic E-state index is 14.9. The van der Waals surface area contributed by atoms with Crippen molar-refractivity contribution in [2.45, 2.75) is 32.0 Å². The monoisotopic (exact) mass is 695 g/mol. The van der Waals surface area contributed by atoms with Gasteiger partial charge in [-0.2, -0.15) is 0 Å². The van der Waals surface area contributed by atoms with Crippen LogP contribution in [0.5, 0.6) is 6.01 Å². The minimum atomic E-state index is -1.72. The average Bonchev–Trinajstić information content (AvgIpc) is 3.19. The number of rotatable bonds is 14. The molecule has 3 aromatic carbocycles. The number of halogens is 3. The first kappa shape index (κ1) is 35.7. The van der Waals surface area contributed by atoms with Crippen molar-refractivity contribution in [3.8, 4) is 6.01 Å². The molecule has 2 unspecified atom stereocenters. The van der Waals surface area contributed by atoms with Crippen LogP contribution in [0, 0.1) is 41.4 Å². The lowest BCUT2D eigenvalue weighted by molar-refractivity contribution is -0.758. The zero-order chi connectivity index (χ0) is 35.8. The summed E-state index contributed by atoms with van der Waals surface area (Å²) in [5.74, 6) is -5.02. The number of para-hydroxylation sites is 1. The van der Waals surface area contributed by atoms with E-state index < -0.39 is 64.7 Å². The van der Waals surface area contributed by atoms with Crippen molar-refractivity contribution in [3.05, 3.63) is 128 Å². The first-order valence-corrected chi connectivity index (χ1v) is 15.3. The van der Waals surface area contributed by atoms with E-state index in [2.05, 4.69) is 20.1 Å². The Bertz CT molecular complexity index is 1820. The van der Waals surface area contributed by atoms with Gasteiger partial charge in [0, 0.05) is 40.3 Å². The van der Waals surface area contributed by atoms with Gasteiger partial charge in [-0.1, -0.05) is 48.5 Å². The fourth-order valence-corrected chi connectivity index (χ4v) is 5.70. The van der Waals surface area contributed by atoms with E-state index in [1.54, 1.807) is 74.5 Å². The second kappa shape index (κ2) is 15.7. The van der Waals surface area contributed by atoms with E-state index in [4.69, 9.17) is 14.2 Å². The van der Waals surface area contributed by atoms with Gasteiger partial charge in [0.25, 0.3) is 5.09 Å². The van der Waals surface area contributed by atoms with Crippen molar-refractivity contribution in [1.82, 2.24) is 15.3 Å². The van der Waals surface area contributed by atoms with Gasteiger partial charge in [-0.3, -0.25) is 10.1 Å². The molecule has 1 aliphatic heterocycles. The first-order chi connectivity index (χ1) is 24.0. The van der Waals surface area contributed by atoms with Crippen LogP contribution < -0.4 is 15.0 Å². The topological polar surface area (TPSA) is 155 Å². The summed E-state index contributed by atoms with van der Waals surface area (Å²) in [5.41, 5.74) is -0.274. The van der Waals surface area contributed by atoms with E-state index in [0.29, 0.717) is 34.6 Å². The van der Waals surface area contributed by atoms with Crippen LogP contribution in [0.2, 0.25) is 0 Å². The van der Waals surface area contributed by atoms with Crippen LogP contribution in [0.1, 0.15) is 28.1 Å². The van der Waals surface area contributed by atoms with Crippen molar-refractivity contribution >= 4 is 17.6 Å². The molecule has 2 heterocycles. The largest absolute Gasteiger partial charge is 0.460 e. The van der Waals surface area contributed by atoms with Crippen LogP contribution >= 0.6 is 0 Å². The molecule has 0 bridgehead atoms. The Labute approximate surface area is 284 Å². The summed E-state index contributed by atoms with van der Waals surface area (Å²) in [6.07, 6.45) is -1.64. The molecule has 1 amide bonds. The quantitative estimate of drug-likeness (QED) is 0.0877. The second-order valence-electron chi connectivity index (χ2n) is 11.1. The number of ether oxygens (including phenoxy) is 3. The maximum Gasteiger partial charge on any atom is 0.350 e. The lowest BCUT2D eigenvalue weighted by Crippen LogP contribution is -2.59. The van der Waals surface area contributed by atoms with Gasteiger partial charge < -0.3 is 23.9 Å². The number of anilines is 1. The summed E-state index contributed by atoms with van der Waals surface area (Å²) in [7, 11) is 0. The van der Waals surface area contributed by atoms with Gasteiger partial charge in [-0.15, -0.1) is 10.1 Å². The van der Waals surface area contributed by atoms with E-state index in [0.717, 1.165) is 4.90 Å². The first-order valence-electron chi connectivity index (χ1n) is 15.3. The molecule has 1 N–H and O–H groups in total. The summed E-state index contributed by atoms with van der Waals surface area (Å²) in [6.45, 7) is 1.43. The number of nitrogens with zero attached hydrogens (tertiary/aromatic N) is 4. The summed E-state index contributed by atoms with van der Waals surface area (Å²) in [6, 6.07) is 17.6. The Hall–Kier alpha value is -5.61. The molecule has 0 aliphatic carbocycles. The SMILES string of the molecule is Cc1cc(C)nc(OC(C(=O)OCCOCCO[N+](=O)[O-])C2(c3ccccc3)NCC(=O)N(Cc3c(F)cc(F)cc3F)c3ccccc32)n1. The van der Waals surface area contributed by atoms with Crippen LogP contribution in [0.15, 0.2) is 72.8 Å². The third-order valence-electron chi connectivity index (χ3n) is 7.78. The Balaban J connectivity index is 1.61. The Morgan fingerprint density at radius 1 is 0.960 bits per heavy atom. The van der Waals surface area contributed by atoms with Gasteiger partial charge in [0.1, 0.15) is 36.2 Å². The highest BCUT2D eigenvalue weighted by atomic mass is 19.1. The number of carbonyl (C=O) groups is 2. The highest BCUT2D eigenvalue weighted by Gasteiger charge is 2.53. The van der Waals surface area contributed by atoms with E-state index in [9.17, 15) is 32.9 Å². The predicted octanol–water partition coefficient (Wildman–Crippen LogP) is 4.11. The summed E-state index contributed by atoms with van der Waals surface area (Å²) in [4.78, 5) is 52.5. The lowest BCUT2D eigenvalue weighted by atomic mass is 9.77. The fraction of sp³-hybridized carbons (Fsp3) is 0.294. The third kappa shape index (κ3) is 7.98. The number of aryl methyl sites for hydroxylation is 2. The number of hydrogen-bond acceptors (Lipinski definition) is 11. The van der Waals surface area contributed by atoms with E-state index in [-0.39, 0.29) is 38.1 Å². The smallest absolute Gasteiger partial charge is 0.350 e. The van der Waals surface area contributed by atoms with Crippen LogP contribution in [0.4, 0.5) is 18.9 Å². The Kier molecular flexibility index (Phi) is 11.2. The number of nitrogens with one attached hydrogen (secondary N) is 1. The standard InChI is InChI=1S/C34H32F3N5O8/c1-21-16-22(2)40-33(39-21)50-31(32(44)48-14-12-47-13-15-49-42(45)46)34(23-8-4-3-5-9-23)26-10-6-7-11-29(26)41(30(43)19-38-34)20-25-27(36)17-24(35)18-28(25)37/h3-11,16-18,31,38H,12-15,19-20H2,1-2H3. The molecular formula is C34H32F3N5O8. The molecule has 2 atom stereocenters. The molecule has 0 saturated heterocycles. The van der Waals surface area contributed by atoms with Crippen molar-refractivity contribution in [3.63, 3.8) is 0 Å². The Morgan fingerprint density at radius 2 is 1.60 bits per heavy atom. The van der Waals surface area contributed by atoms with Gasteiger partial charge in [0.15, 0.2) is 0 Å². The highest BCUT2D eigenvalue weighted by molar-refractivity contribution is 5.97. The minimum Gasteiger partial charge on any atom is -0.460 e. The van der Waals surface area contributed by atoms with Crippen molar-refractivity contribution < 1.29 is 46.9 Å². The van der Waals surface area contributed by atoms with Crippen LogP contribution in [-0.4, -0.2) is 66.0 Å². The molecule has 50 heavy (non-hydrogen) atoms. The van der Waals surface area contributed by atoms with Crippen LogP contribution in [0.3, 0.4) is 0 Å². The molecule has 4 aromatic rings. The van der Waals surface area contributed by atoms with Gasteiger partial charge in [-0.05, 0) is 31.5 Å². The van der Waals surface area contributed by atoms with Crippen molar-refractivity contribution in [2.24, 2.45) is 0 Å². The number of hydrogen-bond donors (Lipinski definition) is 1. The molecule has 262 valence electrons. The number of amides is 1. The molecule has 5 rings (SSSR count). The molecule has 1 aliphatic rings. The normalized spacial score (nSPS) is 16.3. The average molecular weight is 696 g/mol. The molecule has 13 nitrogen and oxygen atoms in total. The van der Waals surface area contributed by atoms with Crippen molar-refractivity contribution in [2.75, 3.05) is 37.9 Å². The van der Waals surface area contributed by atoms with Gasteiger partial charge >= 0.3 is 12.0 Å². The molecule has 0 saturated carbocycles. The number of benzene rings is 3. The summed E-state index contributed by atoms with van der Waals surface area (Å²) >= 11 is 0. The van der Waals surface area contributed by atoms with Gasteiger partial charge in [0.05, 0.1) is 26.3 Å².